The number of aromatic nitrogens is 7. The summed E-state index contributed by atoms with van der Waals surface area (Å²) < 4.78 is 40.8. The number of tetrazole rings is 1. The van der Waals surface area contributed by atoms with E-state index in [0.717, 1.165) is 28.1 Å². The Morgan fingerprint density at radius 1 is 1.12 bits per heavy atom. The fourth-order valence-electron chi connectivity index (χ4n) is 3.11. The van der Waals surface area contributed by atoms with Crippen LogP contribution in [0.15, 0.2) is 55.1 Å². The zero-order valence-corrected chi connectivity index (χ0v) is 17.7. The highest BCUT2D eigenvalue weighted by Gasteiger charge is 2.31. The van der Waals surface area contributed by atoms with E-state index in [9.17, 15) is 18.0 Å². The number of alkyl halides is 3. The van der Waals surface area contributed by atoms with Crippen molar-refractivity contribution in [3.8, 4) is 17.1 Å². The average molecular weight is 456 g/mol. The molecule has 0 aliphatic rings. The SMILES string of the molecule is CC(C)c1ccc(-c2nnn(CC(=O)Nc3cc(C(F)(F)F)ccc3-n3cncn3)n2)cc1. The van der Waals surface area contributed by atoms with Gasteiger partial charge in [-0.2, -0.15) is 23.1 Å². The maximum Gasteiger partial charge on any atom is 0.416 e. The van der Waals surface area contributed by atoms with Crippen molar-refractivity contribution in [2.45, 2.75) is 32.5 Å². The minimum absolute atomic E-state index is 0.0788. The largest absolute Gasteiger partial charge is 0.416 e. The van der Waals surface area contributed by atoms with Gasteiger partial charge in [0.05, 0.1) is 16.9 Å². The monoisotopic (exact) mass is 456 g/mol. The number of hydrogen-bond donors (Lipinski definition) is 1. The van der Waals surface area contributed by atoms with E-state index in [1.54, 1.807) is 0 Å². The second kappa shape index (κ2) is 8.81. The van der Waals surface area contributed by atoms with Crippen LogP contribution in [0.2, 0.25) is 0 Å². The van der Waals surface area contributed by atoms with Gasteiger partial charge in [-0.3, -0.25) is 4.79 Å². The number of rotatable bonds is 6. The van der Waals surface area contributed by atoms with Crippen LogP contribution in [0.3, 0.4) is 0 Å². The fraction of sp³-hybridized carbons (Fsp3) is 0.238. The molecular formula is C21H19F3N8O. The molecule has 2 aromatic carbocycles. The number of nitrogens with one attached hydrogen (secondary N) is 1. The van der Waals surface area contributed by atoms with Crippen LogP contribution in [-0.4, -0.2) is 40.9 Å². The molecule has 2 aromatic heterocycles. The van der Waals surface area contributed by atoms with Gasteiger partial charge in [-0.15, -0.1) is 10.2 Å². The Hall–Kier alpha value is -4.09. The van der Waals surface area contributed by atoms with Gasteiger partial charge in [-0.25, -0.2) is 9.67 Å². The van der Waals surface area contributed by atoms with Gasteiger partial charge in [0.2, 0.25) is 11.7 Å². The first kappa shape index (κ1) is 22.1. The highest BCUT2D eigenvalue weighted by atomic mass is 19.4. The Morgan fingerprint density at radius 2 is 1.88 bits per heavy atom. The Morgan fingerprint density at radius 3 is 2.52 bits per heavy atom. The van der Waals surface area contributed by atoms with Crippen molar-refractivity contribution in [2.75, 3.05) is 5.32 Å². The number of benzene rings is 2. The predicted molar refractivity (Wildman–Crippen MR) is 112 cm³/mol. The summed E-state index contributed by atoms with van der Waals surface area (Å²) in [5.74, 6) is 0.0833. The van der Waals surface area contributed by atoms with E-state index >= 15 is 0 Å². The van der Waals surface area contributed by atoms with Crippen molar-refractivity contribution < 1.29 is 18.0 Å². The summed E-state index contributed by atoms with van der Waals surface area (Å²) >= 11 is 0. The molecule has 1 amide bonds. The van der Waals surface area contributed by atoms with Gasteiger partial charge in [-0.05, 0) is 34.9 Å². The lowest BCUT2D eigenvalue weighted by Crippen LogP contribution is -2.22. The van der Waals surface area contributed by atoms with Gasteiger partial charge in [0.15, 0.2) is 0 Å². The van der Waals surface area contributed by atoms with Crippen molar-refractivity contribution in [1.29, 1.82) is 0 Å². The maximum atomic E-state index is 13.2. The van der Waals surface area contributed by atoms with E-state index in [2.05, 4.69) is 44.7 Å². The second-order valence-corrected chi connectivity index (χ2v) is 7.54. The Balaban J connectivity index is 1.52. The third-order valence-electron chi connectivity index (χ3n) is 4.84. The molecule has 0 spiro atoms. The van der Waals surface area contributed by atoms with Crippen LogP contribution < -0.4 is 5.32 Å². The molecule has 0 unspecified atom stereocenters. The number of anilines is 1. The van der Waals surface area contributed by atoms with E-state index < -0.39 is 17.6 Å². The molecule has 0 aliphatic carbocycles. The standard InChI is InChI=1S/C21H19F3N8O/c1-13(2)14-3-5-15(6-4-14)20-28-30-32(29-20)10-19(33)27-17-9-16(21(22,23)24)7-8-18(17)31-12-25-11-26-31/h3-9,11-13H,10H2,1-2H3,(H,27,33). The normalized spacial score (nSPS) is 11.7. The van der Waals surface area contributed by atoms with Gasteiger partial charge in [0, 0.05) is 5.56 Å². The molecule has 12 heteroatoms. The highest BCUT2D eigenvalue weighted by Crippen LogP contribution is 2.33. The van der Waals surface area contributed by atoms with Crippen LogP contribution in [-0.2, 0) is 17.5 Å². The lowest BCUT2D eigenvalue weighted by molar-refractivity contribution is -0.137. The summed E-state index contributed by atoms with van der Waals surface area (Å²) in [6.45, 7) is 3.83. The molecule has 1 N–H and O–H groups in total. The van der Waals surface area contributed by atoms with Gasteiger partial charge >= 0.3 is 6.18 Å². The summed E-state index contributed by atoms with van der Waals surface area (Å²) in [7, 11) is 0. The molecule has 0 radical (unpaired) electrons. The minimum Gasteiger partial charge on any atom is -0.323 e. The van der Waals surface area contributed by atoms with Crippen molar-refractivity contribution in [1.82, 2.24) is 35.0 Å². The van der Waals surface area contributed by atoms with E-state index in [-0.39, 0.29) is 17.9 Å². The van der Waals surface area contributed by atoms with Crippen molar-refractivity contribution >= 4 is 11.6 Å². The Kier molecular flexibility index (Phi) is 5.90. The van der Waals surface area contributed by atoms with Gasteiger partial charge in [0.1, 0.15) is 19.2 Å². The zero-order chi connectivity index (χ0) is 23.6. The lowest BCUT2D eigenvalue weighted by atomic mass is 10.0. The second-order valence-electron chi connectivity index (χ2n) is 7.54. The number of amides is 1. The van der Waals surface area contributed by atoms with Crippen LogP contribution in [0, 0.1) is 0 Å². The number of carbonyl (C=O) groups excluding carboxylic acids is 1. The van der Waals surface area contributed by atoms with Gasteiger partial charge in [-0.1, -0.05) is 38.1 Å². The third kappa shape index (κ3) is 5.05. The molecule has 0 saturated heterocycles. The first-order valence-electron chi connectivity index (χ1n) is 9.95. The van der Waals surface area contributed by atoms with E-state index in [0.29, 0.717) is 11.7 Å². The number of halogens is 3. The molecular weight excluding hydrogens is 437 g/mol. The highest BCUT2D eigenvalue weighted by molar-refractivity contribution is 5.92. The molecule has 9 nitrogen and oxygen atoms in total. The van der Waals surface area contributed by atoms with Crippen LogP contribution in [0.5, 0.6) is 0 Å². The molecule has 0 bridgehead atoms. The molecule has 0 fully saturated rings. The minimum atomic E-state index is -4.58. The Labute approximate surface area is 186 Å². The average Bonchev–Trinajstić information content (AvgIpc) is 3.45. The molecule has 170 valence electrons. The van der Waals surface area contributed by atoms with Crippen molar-refractivity contribution in [3.63, 3.8) is 0 Å². The van der Waals surface area contributed by atoms with Crippen LogP contribution in [0.4, 0.5) is 18.9 Å². The first-order valence-corrected chi connectivity index (χ1v) is 9.95. The predicted octanol–water partition coefficient (Wildman–Crippen LogP) is 3.70. The van der Waals surface area contributed by atoms with Gasteiger partial charge in [0.25, 0.3) is 0 Å². The van der Waals surface area contributed by atoms with Crippen molar-refractivity contribution in [3.05, 3.63) is 66.2 Å². The third-order valence-corrected chi connectivity index (χ3v) is 4.84. The number of nitrogens with zero attached hydrogens (tertiary/aromatic N) is 7. The summed E-state index contributed by atoms with van der Waals surface area (Å²) in [5.41, 5.74) is 1.14. The van der Waals surface area contributed by atoms with E-state index in [1.165, 1.54) is 23.4 Å². The molecule has 2 heterocycles. The number of carbonyl (C=O) groups is 1. The summed E-state index contributed by atoms with van der Waals surface area (Å²) in [6.07, 6.45) is -2.03. The van der Waals surface area contributed by atoms with Crippen LogP contribution in [0.1, 0.15) is 30.9 Å². The topological polar surface area (TPSA) is 103 Å². The quantitative estimate of drug-likeness (QED) is 0.475. The lowest BCUT2D eigenvalue weighted by Gasteiger charge is -2.14. The van der Waals surface area contributed by atoms with E-state index in [4.69, 9.17) is 0 Å². The molecule has 0 atom stereocenters. The first-order chi connectivity index (χ1) is 15.7. The summed E-state index contributed by atoms with van der Waals surface area (Å²) in [4.78, 5) is 17.4. The summed E-state index contributed by atoms with van der Waals surface area (Å²) in [5, 5.41) is 18.4. The van der Waals surface area contributed by atoms with Crippen LogP contribution in [0.25, 0.3) is 17.1 Å². The maximum absolute atomic E-state index is 13.2. The van der Waals surface area contributed by atoms with Crippen molar-refractivity contribution in [2.24, 2.45) is 0 Å². The fourth-order valence-corrected chi connectivity index (χ4v) is 3.11. The molecule has 4 aromatic rings. The molecule has 0 saturated carbocycles. The van der Waals surface area contributed by atoms with E-state index in [1.807, 2.05) is 24.3 Å². The van der Waals surface area contributed by atoms with Gasteiger partial charge < -0.3 is 5.32 Å². The zero-order valence-electron chi connectivity index (χ0n) is 17.7. The summed E-state index contributed by atoms with van der Waals surface area (Å²) in [6, 6.07) is 10.6. The molecule has 0 aliphatic heterocycles. The Bertz CT molecular complexity index is 1250. The van der Waals surface area contributed by atoms with Crippen LogP contribution >= 0.6 is 0 Å². The number of hydrogen-bond acceptors (Lipinski definition) is 6. The smallest absolute Gasteiger partial charge is 0.323 e. The molecule has 4 rings (SSSR count). The molecule has 33 heavy (non-hydrogen) atoms.